The molecule has 0 atom stereocenters. The van der Waals surface area contributed by atoms with Crippen LogP contribution in [0.25, 0.3) is 0 Å². The Labute approximate surface area is 113 Å². The highest BCUT2D eigenvalue weighted by Crippen LogP contribution is 2.33. The van der Waals surface area contributed by atoms with Crippen molar-refractivity contribution < 1.29 is 22.4 Å². The van der Waals surface area contributed by atoms with Gasteiger partial charge in [-0.1, -0.05) is 12.8 Å². The van der Waals surface area contributed by atoms with E-state index in [4.69, 9.17) is 5.73 Å². The molecule has 1 fully saturated rings. The lowest BCUT2D eigenvalue weighted by molar-refractivity contribution is -0.137. The van der Waals surface area contributed by atoms with Crippen LogP contribution in [0.2, 0.25) is 0 Å². The van der Waals surface area contributed by atoms with Crippen molar-refractivity contribution >= 4 is 11.6 Å². The molecule has 7 heteroatoms. The minimum Gasteiger partial charge on any atom is -0.322 e. The molecule has 110 valence electrons. The number of hydrogen-bond acceptors (Lipinski definition) is 2. The Bertz CT molecular complexity index is 522. The number of rotatable bonds is 2. The molecular formula is C13H14F4N2O. The van der Waals surface area contributed by atoms with Crippen LogP contribution in [-0.4, -0.2) is 11.4 Å². The van der Waals surface area contributed by atoms with Gasteiger partial charge in [0.1, 0.15) is 5.82 Å². The number of carbonyl (C=O) groups is 1. The zero-order chi connectivity index (χ0) is 15.0. The van der Waals surface area contributed by atoms with Gasteiger partial charge in [-0.2, -0.15) is 13.2 Å². The van der Waals surface area contributed by atoms with E-state index >= 15 is 0 Å². The van der Waals surface area contributed by atoms with E-state index in [1.807, 2.05) is 0 Å². The van der Waals surface area contributed by atoms with Gasteiger partial charge in [0.25, 0.3) is 0 Å². The number of hydrogen-bond donors (Lipinski definition) is 2. The molecule has 2 rings (SSSR count). The topological polar surface area (TPSA) is 55.1 Å². The molecule has 1 saturated carbocycles. The van der Waals surface area contributed by atoms with Gasteiger partial charge in [0.05, 0.1) is 16.8 Å². The monoisotopic (exact) mass is 290 g/mol. The number of amides is 1. The molecule has 1 aromatic rings. The van der Waals surface area contributed by atoms with Crippen molar-refractivity contribution in [2.24, 2.45) is 5.73 Å². The Hall–Kier alpha value is -1.63. The number of carbonyl (C=O) groups excluding carboxylic acids is 1. The second kappa shape index (κ2) is 5.05. The van der Waals surface area contributed by atoms with Gasteiger partial charge in [-0.3, -0.25) is 4.79 Å². The highest BCUT2D eigenvalue weighted by atomic mass is 19.4. The summed E-state index contributed by atoms with van der Waals surface area (Å²) < 4.78 is 51.2. The smallest absolute Gasteiger partial charge is 0.322 e. The fraction of sp³-hybridized carbons (Fsp3) is 0.462. The van der Waals surface area contributed by atoms with E-state index in [0.717, 1.165) is 12.8 Å². The third kappa shape index (κ3) is 2.92. The first-order valence-electron chi connectivity index (χ1n) is 6.19. The summed E-state index contributed by atoms with van der Waals surface area (Å²) in [5, 5.41) is 2.17. The lowest BCUT2D eigenvalue weighted by atomic mass is 9.98. The Morgan fingerprint density at radius 1 is 1.25 bits per heavy atom. The van der Waals surface area contributed by atoms with E-state index in [0.29, 0.717) is 31.0 Å². The van der Waals surface area contributed by atoms with E-state index in [-0.39, 0.29) is 0 Å². The lowest BCUT2D eigenvalue weighted by Gasteiger charge is -2.22. The molecule has 0 unspecified atom stereocenters. The van der Waals surface area contributed by atoms with Crippen LogP contribution in [0.15, 0.2) is 18.2 Å². The Kier molecular flexibility index (Phi) is 3.73. The van der Waals surface area contributed by atoms with Gasteiger partial charge in [-0.25, -0.2) is 4.39 Å². The van der Waals surface area contributed by atoms with Crippen LogP contribution in [0.5, 0.6) is 0 Å². The lowest BCUT2D eigenvalue weighted by Crippen LogP contribution is -2.48. The summed E-state index contributed by atoms with van der Waals surface area (Å²) in [6.07, 6.45) is -2.16. The number of halogens is 4. The van der Waals surface area contributed by atoms with E-state index in [2.05, 4.69) is 5.32 Å². The molecule has 0 spiro atoms. The predicted molar refractivity (Wildman–Crippen MR) is 65.4 cm³/mol. The highest BCUT2D eigenvalue weighted by molar-refractivity contribution is 5.98. The molecule has 1 aliphatic rings. The first kappa shape index (κ1) is 14.8. The van der Waals surface area contributed by atoms with Crippen molar-refractivity contribution in [3.8, 4) is 0 Å². The molecule has 0 radical (unpaired) electrons. The molecule has 0 aliphatic heterocycles. The molecular weight excluding hydrogens is 276 g/mol. The molecule has 1 aliphatic carbocycles. The molecule has 1 amide bonds. The standard InChI is InChI=1S/C13H14F4N2O/c14-9-4-3-8(13(15,16)17)7-10(9)19-11(20)12(18)5-1-2-6-12/h3-4,7H,1-2,5-6,18H2,(H,19,20). The van der Waals surface area contributed by atoms with Gasteiger partial charge < -0.3 is 11.1 Å². The molecule has 0 aromatic heterocycles. The predicted octanol–water partition coefficient (Wildman–Crippen LogP) is 3.05. The normalized spacial score (nSPS) is 18.1. The number of benzene rings is 1. The van der Waals surface area contributed by atoms with Crippen molar-refractivity contribution in [1.82, 2.24) is 0 Å². The molecule has 0 bridgehead atoms. The molecule has 20 heavy (non-hydrogen) atoms. The largest absolute Gasteiger partial charge is 0.416 e. The zero-order valence-electron chi connectivity index (χ0n) is 10.6. The van der Waals surface area contributed by atoms with Gasteiger partial charge in [0.2, 0.25) is 5.91 Å². The summed E-state index contributed by atoms with van der Waals surface area (Å²) in [7, 11) is 0. The quantitative estimate of drug-likeness (QED) is 0.822. The molecule has 3 nitrogen and oxygen atoms in total. The Morgan fingerprint density at radius 2 is 1.85 bits per heavy atom. The van der Waals surface area contributed by atoms with Crippen molar-refractivity contribution in [3.63, 3.8) is 0 Å². The minimum atomic E-state index is -4.60. The maximum atomic E-state index is 13.5. The number of anilines is 1. The maximum Gasteiger partial charge on any atom is 0.416 e. The van der Waals surface area contributed by atoms with Crippen LogP contribution in [0, 0.1) is 5.82 Å². The number of nitrogens with two attached hydrogens (primary N) is 1. The van der Waals surface area contributed by atoms with E-state index in [1.54, 1.807) is 0 Å². The fourth-order valence-corrected chi connectivity index (χ4v) is 2.28. The molecule has 0 heterocycles. The number of alkyl halides is 3. The van der Waals surface area contributed by atoms with Crippen molar-refractivity contribution in [1.29, 1.82) is 0 Å². The molecule has 1 aromatic carbocycles. The molecule has 3 N–H and O–H groups in total. The van der Waals surface area contributed by atoms with Crippen LogP contribution >= 0.6 is 0 Å². The van der Waals surface area contributed by atoms with Crippen molar-refractivity contribution in [3.05, 3.63) is 29.6 Å². The van der Waals surface area contributed by atoms with Crippen LogP contribution in [-0.2, 0) is 11.0 Å². The average molecular weight is 290 g/mol. The van der Waals surface area contributed by atoms with E-state index < -0.39 is 34.7 Å². The summed E-state index contributed by atoms with van der Waals surface area (Å²) in [6.45, 7) is 0. The van der Waals surface area contributed by atoms with Gasteiger partial charge in [-0.15, -0.1) is 0 Å². The first-order valence-corrected chi connectivity index (χ1v) is 6.19. The van der Waals surface area contributed by atoms with Crippen molar-refractivity contribution in [2.75, 3.05) is 5.32 Å². The Balaban J connectivity index is 2.22. The van der Waals surface area contributed by atoms with Crippen LogP contribution in [0.1, 0.15) is 31.2 Å². The fourth-order valence-electron chi connectivity index (χ4n) is 2.28. The number of nitrogens with one attached hydrogen (secondary N) is 1. The summed E-state index contributed by atoms with van der Waals surface area (Å²) in [5.41, 5.74) is 3.22. The van der Waals surface area contributed by atoms with Gasteiger partial charge in [0.15, 0.2) is 0 Å². The second-order valence-corrected chi connectivity index (χ2v) is 5.01. The third-order valence-corrected chi connectivity index (χ3v) is 3.49. The SMILES string of the molecule is NC1(C(=O)Nc2cc(C(F)(F)F)ccc2F)CCCC1. The van der Waals surface area contributed by atoms with Crippen molar-refractivity contribution in [2.45, 2.75) is 37.4 Å². The highest BCUT2D eigenvalue weighted by Gasteiger charge is 2.38. The van der Waals surface area contributed by atoms with E-state index in [9.17, 15) is 22.4 Å². The average Bonchev–Trinajstić information content (AvgIpc) is 2.79. The first-order chi connectivity index (χ1) is 9.22. The van der Waals surface area contributed by atoms with E-state index in [1.165, 1.54) is 0 Å². The summed E-state index contributed by atoms with van der Waals surface area (Å²) in [5.74, 6) is -1.57. The molecule has 0 saturated heterocycles. The summed E-state index contributed by atoms with van der Waals surface area (Å²) in [6, 6.07) is 1.88. The Morgan fingerprint density at radius 3 is 2.40 bits per heavy atom. The third-order valence-electron chi connectivity index (χ3n) is 3.49. The summed E-state index contributed by atoms with van der Waals surface area (Å²) in [4.78, 5) is 12.0. The van der Waals surface area contributed by atoms with Crippen LogP contribution in [0.4, 0.5) is 23.2 Å². The van der Waals surface area contributed by atoms with Gasteiger partial charge in [0, 0.05) is 0 Å². The van der Waals surface area contributed by atoms with Gasteiger partial charge >= 0.3 is 6.18 Å². The summed E-state index contributed by atoms with van der Waals surface area (Å²) >= 11 is 0. The zero-order valence-corrected chi connectivity index (χ0v) is 10.6. The minimum absolute atomic E-state index is 0.444. The van der Waals surface area contributed by atoms with Crippen LogP contribution < -0.4 is 11.1 Å². The van der Waals surface area contributed by atoms with Gasteiger partial charge in [-0.05, 0) is 31.0 Å². The maximum absolute atomic E-state index is 13.5. The second-order valence-electron chi connectivity index (χ2n) is 5.01. The van der Waals surface area contributed by atoms with Crippen LogP contribution in [0.3, 0.4) is 0 Å².